The van der Waals surface area contributed by atoms with Crippen molar-refractivity contribution in [3.8, 4) is 5.69 Å². The molecular formula is C22H20FN3O. The van der Waals surface area contributed by atoms with Gasteiger partial charge in [-0.15, -0.1) is 0 Å². The number of benzene rings is 2. The van der Waals surface area contributed by atoms with Crippen LogP contribution in [0.4, 0.5) is 10.1 Å². The molecule has 1 aliphatic carbocycles. The Hall–Kier alpha value is -2.95. The van der Waals surface area contributed by atoms with Gasteiger partial charge in [0.2, 0.25) is 0 Å². The van der Waals surface area contributed by atoms with Crippen LogP contribution in [0.1, 0.15) is 39.3 Å². The Morgan fingerprint density at radius 2 is 1.93 bits per heavy atom. The first-order chi connectivity index (χ1) is 13.1. The molecule has 1 amide bonds. The number of aryl methyl sites for hydroxylation is 1. The van der Waals surface area contributed by atoms with E-state index in [1.807, 2.05) is 24.0 Å². The van der Waals surface area contributed by atoms with E-state index < -0.39 is 0 Å². The number of halogens is 1. The van der Waals surface area contributed by atoms with E-state index in [0.717, 1.165) is 48.2 Å². The van der Waals surface area contributed by atoms with Crippen LogP contribution < -0.4 is 4.90 Å². The second-order valence-corrected chi connectivity index (χ2v) is 7.28. The summed E-state index contributed by atoms with van der Waals surface area (Å²) < 4.78 is 16.0. The van der Waals surface area contributed by atoms with Crippen LogP contribution >= 0.6 is 0 Å². The third-order valence-electron chi connectivity index (χ3n) is 5.65. The van der Waals surface area contributed by atoms with Crippen LogP contribution in [0.15, 0.2) is 42.5 Å². The van der Waals surface area contributed by atoms with Crippen molar-refractivity contribution in [1.29, 1.82) is 0 Å². The standard InChI is InChI=1S/C22H20FN3O/c1-14-6-4-7-15-12-13-25(21(14)15)22(27)20-16-8-5-11-18(16)26(24-20)19-10-3-2-9-17(19)23/h2-4,6-7,9-10H,5,8,11-13H2,1H3. The molecule has 136 valence electrons. The number of para-hydroxylation sites is 2. The number of anilines is 1. The van der Waals surface area contributed by atoms with E-state index in [-0.39, 0.29) is 11.7 Å². The van der Waals surface area contributed by atoms with Gasteiger partial charge in [0, 0.05) is 17.8 Å². The Kier molecular flexibility index (Phi) is 3.64. The van der Waals surface area contributed by atoms with Crippen molar-refractivity contribution < 1.29 is 9.18 Å². The van der Waals surface area contributed by atoms with Gasteiger partial charge < -0.3 is 4.90 Å². The molecule has 4 nitrogen and oxygen atoms in total. The van der Waals surface area contributed by atoms with Gasteiger partial charge in [-0.1, -0.05) is 30.3 Å². The summed E-state index contributed by atoms with van der Waals surface area (Å²) in [6.45, 7) is 2.70. The summed E-state index contributed by atoms with van der Waals surface area (Å²) >= 11 is 0. The lowest BCUT2D eigenvalue weighted by Gasteiger charge is -2.18. The highest BCUT2D eigenvalue weighted by molar-refractivity contribution is 6.07. The van der Waals surface area contributed by atoms with E-state index in [1.54, 1.807) is 22.9 Å². The Balaban J connectivity index is 1.61. The molecule has 0 saturated carbocycles. The quantitative estimate of drug-likeness (QED) is 0.692. The van der Waals surface area contributed by atoms with Gasteiger partial charge in [-0.05, 0) is 55.9 Å². The van der Waals surface area contributed by atoms with Crippen molar-refractivity contribution in [2.75, 3.05) is 11.4 Å². The molecule has 0 bridgehead atoms. The summed E-state index contributed by atoms with van der Waals surface area (Å²) in [4.78, 5) is 15.3. The number of rotatable bonds is 2. The molecule has 0 unspecified atom stereocenters. The summed E-state index contributed by atoms with van der Waals surface area (Å²) in [5, 5.41) is 4.60. The van der Waals surface area contributed by atoms with Crippen molar-refractivity contribution in [2.24, 2.45) is 0 Å². The smallest absolute Gasteiger partial charge is 0.279 e. The Bertz CT molecular complexity index is 1070. The largest absolute Gasteiger partial charge is 0.306 e. The molecule has 27 heavy (non-hydrogen) atoms. The highest BCUT2D eigenvalue weighted by atomic mass is 19.1. The highest BCUT2D eigenvalue weighted by Crippen LogP contribution is 2.35. The molecule has 5 rings (SSSR count). The lowest BCUT2D eigenvalue weighted by Crippen LogP contribution is -2.30. The van der Waals surface area contributed by atoms with Crippen LogP contribution in [0.25, 0.3) is 5.69 Å². The molecule has 2 aliphatic rings. The lowest BCUT2D eigenvalue weighted by molar-refractivity contribution is 0.0983. The molecule has 0 atom stereocenters. The number of carbonyl (C=O) groups is 1. The number of hydrogen-bond donors (Lipinski definition) is 0. The van der Waals surface area contributed by atoms with Crippen molar-refractivity contribution >= 4 is 11.6 Å². The Morgan fingerprint density at radius 1 is 1.07 bits per heavy atom. The van der Waals surface area contributed by atoms with Gasteiger partial charge >= 0.3 is 0 Å². The molecule has 0 N–H and O–H groups in total. The fourth-order valence-electron chi connectivity index (χ4n) is 4.41. The van der Waals surface area contributed by atoms with Crippen molar-refractivity contribution in [3.63, 3.8) is 0 Å². The second-order valence-electron chi connectivity index (χ2n) is 7.28. The molecule has 0 fully saturated rings. The predicted molar refractivity (Wildman–Crippen MR) is 102 cm³/mol. The first kappa shape index (κ1) is 16.2. The van der Waals surface area contributed by atoms with Gasteiger partial charge in [-0.25, -0.2) is 9.07 Å². The van der Waals surface area contributed by atoms with Crippen LogP contribution in [0, 0.1) is 12.7 Å². The molecule has 5 heteroatoms. The van der Waals surface area contributed by atoms with Crippen LogP contribution in [-0.2, 0) is 19.3 Å². The molecule has 1 aliphatic heterocycles. The van der Waals surface area contributed by atoms with Gasteiger partial charge in [0.05, 0.1) is 5.69 Å². The maximum absolute atomic E-state index is 14.3. The number of amides is 1. The summed E-state index contributed by atoms with van der Waals surface area (Å²) in [6, 6.07) is 12.8. The molecule has 3 aromatic rings. The second kappa shape index (κ2) is 6.05. The summed E-state index contributed by atoms with van der Waals surface area (Å²) in [6.07, 6.45) is 3.47. The van der Waals surface area contributed by atoms with Crippen molar-refractivity contribution in [2.45, 2.75) is 32.6 Å². The monoisotopic (exact) mass is 361 g/mol. The van der Waals surface area contributed by atoms with Crippen LogP contribution in [0.5, 0.6) is 0 Å². The van der Waals surface area contributed by atoms with Gasteiger partial charge in [0.25, 0.3) is 5.91 Å². The Labute approximate surface area is 157 Å². The van der Waals surface area contributed by atoms with E-state index in [0.29, 0.717) is 17.9 Å². The predicted octanol–water partition coefficient (Wildman–Crippen LogP) is 4.01. The minimum absolute atomic E-state index is 0.0729. The highest BCUT2D eigenvalue weighted by Gasteiger charge is 2.33. The minimum Gasteiger partial charge on any atom is -0.306 e. The fourth-order valence-corrected chi connectivity index (χ4v) is 4.41. The molecule has 0 saturated heterocycles. The van der Waals surface area contributed by atoms with E-state index in [4.69, 9.17) is 0 Å². The average molecular weight is 361 g/mol. The number of hydrogen-bond acceptors (Lipinski definition) is 2. The van der Waals surface area contributed by atoms with E-state index in [2.05, 4.69) is 11.2 Å². The zero-order valence-corrected chi connectivity index (χ0v) is 15.2. The first-order valence-electron chi connectivity index (χ1n) is 9.41. The van der Waals surface area contributed by atoms with E-state index in [1.165, 1.54) is 11.6 Å². The maximum atomic E-state index is 14.3. The van der Waals surface area contributed by atoms with Gasteiger partial charge in [-0.3, -0.25) is 4.79 Å². The van der Waals surface area contributed by atoms with E-state index in [9.17, 15) is 9.18 Å². The van der Waals surface area contributed by atoms with E-state index >= 15 is 0 Å². The van der Waals surface area contributed by atoms with Crippen molar-refractivity contribution in [3.05, 3.63) is 76.4 Å². The van der Waals surface area contributed by atoms with Gasteiger partial charge in [0.15, 0.2) is 5.69 Å². The zero-order chi connectivity index (χ0) is 18.5. The summed E-state index contributed by atoms with van der Waals surface area (Å²) in [5.74, 6) is -0.396. The normalized spacial score (nSPS) is 15.1. The van der Waals surface area contributed by atoms with Crippen LogP contribution in [0.2, 0.25) is 0 Å². The maximum Gasteiger partial charge on any atom is 0.279 e. The fraction of sp³-hybridized carbons (Fsp3) is 0.273. The topological polar surface area (TPSA) is 38.1 Å². The number of nitrogens with zero attached hydrogens (tertiary/aromatic N) is 3. The molecular weight excluding hydrogens is 341 g/mol. The Morgan fingerprint density at radius 3 is 2.78 bits per heavy atom. The van der Waals surface area contributed by atoms with Crippen LogP contribution in [0.3, 0.4) is 0 Å². The zero-order valence-electron chi connectivity index (χ0n) is 15.2. The SMILES string of the molecule is Cc1cccc2c1N(C(=O)c1nn(-c3ccccc3F)c3c1CCC3)CC2. The molecule has 2 heterocycles. The number of aromatic nitrogens is 2. The van der Waals surface area contributed by atoms with Gasteiger partial charge in [-0.2, -0.15) is 5.10 Å². The molecule has 0 spiro atoms. The third-order valence-corrected chi connectivity index (χ3v) is 5.65. The van der Waals surface area contributed by atoms with Crippen LogP contribution in [-0.4, -0.2) is 22.2 Å². The number of carbonyl (C=O) groups excluding carboxylic acids is 1. The first-order valence-corrected chi connectivity index (χ1v) is 9.41. The molecule has 2 aromatic carbocycles. The van der Waals surface area contributed by atoms with Crippen molar-refractivity contribution in [1.82, 2.24) is 9.78 Å². The minimum atomic E-state index is -0.323. The summed E-state index contributed by atoms with van der Waals surface area (Å²) in [7, 11) is 0. The number of fused-ring (bicyclic) bond motifs is 2. The lowest BCUT2D eigenvalue weighted by atomic mass is 10.1. The summed E-state index contributed by atoms with van der Waals surface area (Å²) in [5.41, 5.74) is 6.14. The third kappa shape index (κ3) is 2.41. The molecule has 1 aromatic heterocycles. The van der Waals surface area contributed by atoms with Gasteiger partial charge in [0.1, 0.15) is 11.5 Å². The average Bonchev–Trinajstić information content (AvgIpc) is 3.37. The molecule has 0 radical (unpaired) electrons.